The Hall–Kier alpha value is -3.22. The third-order valence-corrected chi connectivity index (χ3v) is 8.43. The molecule has 0 fully saturated rings. The summed E-state index contributed by atoms with van der Waals surface area (Å²) in [5.74, 6) is -1.12. The fourth-order valence-electron chi connectivity index (χ4n) is 4.56. The quantitative estimate of drug-likeness (QED) is 0.464. The molecule has 0 amide bonds. The van der Waals surface area contributed by atoms with Crippen LogP contribution in [0.1, 0.15) is 61.5 Å². The summed E-state index contributed by atoms with van der Waals surface area (Å²) < 4.78 is 29.7. The molecule has 6 heteroatoms. The predicted molar refractivity (Wildman–Crippen MR) is 138 cm³/mol. The van der Waals surface area contributed by atoms with E-state index in [1.54, 1.807) is 30.3 Å². The van der Waals surface area contributed by atoms with Crippen molar-refractivity contribution >= 4 is 16.0 Å². The highest BCUT2D eigenvalue weighted by Gasteiger charge is 2.44. The summed E-state index contributed by atoms with van der Waals surface area (Å²) in [6, 6.07) is 22.2. The van der Waals surface area contributed by atoms with Gasteiger partial charge in [-0.1, -0.05) is 99.1 Å². The molecule has 5 nitrogen and oxygen atoms in total. The van der Waals surface area contributed by atoms with Crippen molar-refractivity contribution in [3.8, 4) is 0 Å². The molecule has 1 aliphatic heterocycles. The van der Waals surface area contributed by atoms with Crippen LogP contribution in [0.5, 0.6) is 0 Å². The average molecular weight is 490 g/mol. The van der Waals surface area contributed by atoms with Gasteiger partial charge in [0.2, 0.25) is 10.0 Å². The van der Waals surface area contributed by atoms with E-state index in [1.165, 1.54) is 4.31 Å². The van der Waals surface area contributed by atoms with Crippen molar-refractivity contribution in [3.63, 3.8) is 0 Å². The molecule has 0 saturated heterocycles. The minimum Gasteiger partial charge on any atom is -0.478 e. The van der Waals surface area contributed by atoms with E-state index in [0.29, 0.717) is 5.56 Å². The van der Waals surface area contributed by atoms with Crippen molar-refractivity contribution < 1.29 is 18.3 Å². The summed E-state index contributed by atoms with van der Waals surface area (Å²) in [4.78, 5) is 12.5. The van der Waals surface area contributed by atoms with Crippen LogP contribution >= 0.6 is 0 Å². The number of rotatable bonds is 5. The van der Waals surface area contributed by atoms with Gasteiger partial charge in [-0.3, -0.25) is 0 Å². The maximum atomic E-state index is 14.2. The van der Waals surface area contributed by atoms with Crippen molar-refractivity contribution in [2.45, 2.75) is 56.5 Å². The standard InChI is InChI=1S/C29H31NO4S/c1-20-10-16-24(17-11-20)35(33,34)30-26(21-8-6-5-7-9-21)19-18-25(28(31)32)27(30)22-12-14-23(15-13-22)29(2,3)4/h5-18,26-27H,19H2,1-4H3,(H,31,32)/t26-,27-/m0/s1. The molecule has 0 radical (unpaired) electrons. The normalized spacial score (nSPS) is 19.3. The number of sulfonamides is 1. The summed E-state index contributed by atoms with van der Waals surface area (Å²) in [5, 5.41) is 10.1. The summed E-state index contributed by atoms with van der Waals surface area (Å²) in [7, 11) is -4.05. The number of aryl methyl sites for hydroxylation is 1. The van der Waals surface area contributed by atoms with Crippen molar-refractivity contribution in [1.82, 2.24) is 4.31 Å². The van der Waals surface area contributed by atoms with Crippen LogP contribution in [-0.4, -0.2) is 23.8 Å². The maximum Gasteiger partial charge on any atom is 0.333 e. The number of aliphatic carboxylic acids is 1. The lowest BCUT2D eigenvalue weighted by atomic mass is 9.84. The van der Waals surface area contributed by atoms with Gasteiger partial charge in [-0.2, -0.15) is 4.31 Å². The molecule has 0 bridgehead atoms. The molecule has 35 heavy (non-hydrogen) atoms. The van der Waals surface area contributed by atoms with E-state index in [1.807, 2.05) is 61.5 Å². The predicted octanol–water partition coefficient (Wildman–Crippen LogP) is 6.18. The van der Waals surface area contributed by atoms with E-state index >= 15 is 0 Å². The Bertz CT molecular complexity index is 1340. The highest BCUT2D eigenvalue weighted by molar-refractivity contribution is 7.89. The molecule has 0 aliphatic carbocycles. The lowest BCUT2D eigenvalue weighted by Gasteiger charge is -2.40. The van der Waals surface area contributed by atoms with Gasteiger partial charge in [0.15, 0.2) is 0 Å². The third-order valence-electron chi connectivity index (χ3n) is 6.54. The zero-order chi connectivity index (χ0) is 25.4. The SMILES string of the molecule is Cc1ccc(S(=O)(=O)N2[C@@H](c3ccc(C(C)(C)C)cc3)C(C(=O)O)=CC[C@H]2c2ccccc2)cc1. The zero-order valence-corrected chi connectivity index (χ0v) is 21.3. The largest absolute Gasteiger partial charge is 0.478 e. The molecule has 3 aromatic carbocycles. The first kappa shape index (κ1) is 24.9. The second-order valence-electron chi connectivity index (χ2n) is 10.0. The summed E-state index contributed by atoms with van der Waals surface area (Å²) in [5.41, 5.74) is 3.46. The van der Waals surface area contributed by atoms with Gasteiger partial charge >= 0.3 is 5.97 Å². The van der Waals surface area contributed by atoms with Gasteiger partial charge in [0.05, 0.1) is 22.6 Å². The molecule has 182 valence electrons. The van der Waals surface area contributed by atoms with E-state index < -0.39 is 28.1 Å². The van der Waals surface area contributed by atoms with Crippen LogP contribution in [0.2, 0.25) is 0 Å². The van der Waals surface area contributed by atoms with E-state index in [0.717, 1.165) is 16.7 Å². The van der Waals surface area contributed by atoms with E-state index in [9.17, 15) is 18.3 Å². The van der Waals surface area contributed by atoms with Gasteiger partial charge in [-0.15, -0.1) is 0 Å². The number of carboxylic acids is 1. The minimum atomic E-state index is -4.05. The van der Waals surface area contributed by atoms with Crippen LogP contribution in [0.3, 0.4) is 0 Å². The Kier molecular flexibility index (Phi) is 6.71. The van der Waals surface area contributed by atoms with Gasteiger partial charge in [-0.25, -0.2) is 13.2 Å². The van der Waals surface area contributed by atoms with Crippen LogP contribution in [0.4, 0.5) is 0 Å². The Labute approximate surface area is 207 Å². The zero-order valence-electron chi connectivity index (χ0n) is 20.5. The van der Waals surface area contributed by atoms with Gasteiger partial charge in [-0.05, 0) is 47.6 Å². The lowest BCUT2D eigenvalue weighted by Crippen LogP contribution is -2.42. The maximum absolute atomic E-state index is 14.2. The minimum absolute atomic E-state index is 0.0661. The number of benzene rings is 3. The van der Waals surface area contributed by atoms with Crippen molar-refractivity contribution in [3.05, 3.63) is 113 Å². The summed E-state index contributed by atoms with van der Waals surface area (Å²) in [6.07, 6.45) is 1.94. The smallest absolute Gasteiger partial charge is 0.333 e. The third kappa shape index (κ3) is 4.95. The fourth-order valence-corrected chi connectivity index (χ4v) is 6.34. The van der Waals surface area contributed by atoms with Crippen molar-refractivity contribution in [2.75, 3.05) is 0 Å². The van der Waals surface area contributed by atoms with Gasteiger partial charge < -0.3 is 5.11 Å². The Morgan fingerprint density at radius 1 is 0.886 bits per heavy atom. The van der Waals surface area contributed by atoms with Gasteiger partial charge in [0.1, 0.15) is 0 Å². The highest BCUT2D eigenvalue weighted by Crippen LogP contribution is 2.45. The Morgan fingerprint density at radius 3 is 2.03 bits per heavy atom. The molecule has 4 rings (SSSR count). The topological polar surface area (TPSA) is 74.7 Å². The number of carboxylic acid groups (broad SMARTS) is 1. The molecule has 0 spiro atoms. The van der Waals surface area contributed by atoms with E-state index in [2.05, 4.69) is 20.8 Å². The summed E-state index contributed by atoms with van der Waals surface area (Å²) >= 11 is 0. The van der Waals surface area contributed by atoms with E-state index in [4.69, 9.17) is 0 Å². The molecular formula is C29H31NO4S. The molecule has 3 aromatic rings. The fraction of sp³-hybridized carbons (Fsp3) is 0.276. The Balaban J connectivity index is 1.94. The monoisotopic (exact) mass is 489 g/mol. The van der Waals surface area contributed by atoms with Crippen LogP contribution < -0.4 is 0 Å². The first-order chi connectivity index (χ1) is 16.5. The number of hydrogen-bond donors (Lipinski definition) is 1. The highest BCUT2D eigenvalue weighted by atomic mass is 32.2. The van der Waals surface area contributed by atoms with Crippen molar-refractivity contribution in [1.29, 1.82) is 0 Å². The molecule has 0 aromatic heterocycles. The number of carbonyl (C=O) groups is 1. The van der Waals surface area contributed by atoms with Crippen molar-refractivity contribution in [2.24, 2.45) is 0 Å². The molecule has 2 atom stereocenters. The first-order valence-corrected chi connectivity index (χ1v) is 13.1. The molecule has 1 aliphatic rings. The first-order valence-electron chi connectivity index (χ1n) is 11.7. The molecular weight excluding hydrogens is 458 g/mol. The molecule has 1 N–H and O–H groups in total. The van der Waals surface area contributed by atoms with Gasteiger partial charge in [0.25, 0.3) is 0 Å². The van der Waals surface area contributed by atoms with Crippen LogP contribution in [0.15, 0.2) is 95.4 Å². The second-order valence-corrected chi connectivity index (χ2v) is 11.9. The lowest BCUT2D eigenvalue weighted by molar-refractivity contribution is -0.133. The van der Waals surface area contributed by atoms with Crippen LogP contribution in [-0.2, 0) is 20.2 Å². The Morgan fingerprint density at radius 2 is 1.49 bits per heavy atom. The molecule has 0 unspecified atom stereocenters. The van der Waals surface area contributed by atoms with E-state index in [-0.39, 0.29) is 22.3 Å². The number of hydrogen-bond acceptors (Lipinski definition) is 3. The van der Waals surface area contributed by atoms with Crippen LogP contribution in [0.25, 0.3) is 0 Å². The van der Waals surface area contributed by atoms with Gasteiger partial charge in [0, 0.05) is 0 Å². The second kappa shape index (κ2) is 9.44. The average Bonchev–Trinajstić information content (AvgIpc) is 2.83. The number of nitrogens with zero attached hydrogens (tertiary/aromatic N) is 1. The molecule has 0 saturated carbocycles. The summed E-state index contributed by atoms with van der Waals surface area (Å²) in [6.45, 7) is 8.20. The molecule has 1 heterocycles. The van der Waals surface area contributed by atoms with Crippen LogP contribution in [0, 0.1) is 6.92 Å².